The van der Waals surface area contributed by atoms with E-state index in [0.29, 0.717) is 10.8 Å². The predicted octanol–water partition coefficient (Wildman–Crippen LogP) is 3.18. The molecule has 0 fully saturated rings. The van der Waals surface area contributed by atoms with E-state index >= 15 is 0 Å². The van der Waals surface area contributed by atoms with Gasteiger partial charge in [-0.25, -0.2) is 4.79 Å². The van der Waals surface area contributed by atoms with Crippen molar-refractivity contribution in [2.45, 2.75) is 26.8 Å². The molecule has 0 aromatic heterocycles. The first kappa shape index (κ1) is 18.0. The fraction of sp³-hybridized carbons (Fsp3) is 0.429. The molecule has 0 spiro atoms. The molecule has 0 heterocycles. The lowest BCUT2D eigenvalue weighted by Gasteiger charge is -2.28. The third kappa shape index (κ3) is 4.47. The van der Waals surface area contributed by atoms with Crippen molar-refractivity contribution in [1.82, 2.24) is 5.32 Å². The molecule has 0 aliphatic carbocycles. The summed E-state index contributed by atoms with van der Waals surface area (Å²) in [5, 5.41) is 12.2. The normalized spacial score (nSPS) is 12.7. The van der Waals surface area contributed by atoms with Gasteiger partial charge in [-0.2, -0.15) is 0 Å². The van der Waals surface area contributed by atoms with Crippen LogP contribution in [0.25, 0.3) is 0 Å². The van der Waals surface area contributed by atoms with Crippen LogP contribution >= 0.6 is 34.2 Å². The van der Waals surface area contributed by atoms with E-state index in [9.17, 15) is 14.7 Å². The predicted molar refractivity (Wildman–Crippen MR) is 89.1 cm³/mol. The third-order valence-electron chi connectivity index (χ3n) is 2.88. The molecule has 1 rings (SSSR count). The Kier molecular flexibility index (Phi) is 5.86. The van der Waals surface area contributed by atoms with E-state index in [4.69, 9.17) is 16.3 Å². The number of carboxylic acid groups (broad SMARTS) is 1. The van der Waals surface area contributed by atoms with Crippen LogP contribution in [0.4, 0.5) is 0 Å². The summed E-state index contributed by atoms with van der Waals surface area (Å²) < 4.78 is 5.90. The maximum Gasteiger partial charge on any atom is 0.326 e. The van der Waals surface area contributed by atoms with Gasteiger partial charge in [-0.1, -0.05) is 32.4 Å². The van der Waals surface area contributed by atoms with Crippen molar-refractivity contribution >= 4 is 46.1 Å². The number of nitrogens with one attached hydrogen (secondary N) is 1. The molecule has 1 aromatic carbocycles. The maximum absolute atomic E-state index is 12.3. The van der Waals surface area contributed by atoms with Crippen molar-refractivity contribution in [3.63, 3.8) is 0 Å². The van der Waals surface area contributed by atoms with Crippen LogP contribution < -0.4 is 10.1 Å². The van der Waals surface area contributed by atoms with Gasteiger partial charge in [0.15, 0.2) is 0 Å². The van der Waals surface area contributed by atoms with Gasteiger partial charge in [-0.15, -0.1) is 0 Å². The molecule has 116 valence electrons. The Morgan fingerprint density at radius 2 is 1.95 bits per heavy atom. The number of ether oxygens (including phenoxy) is 1. The van der Waals surface area contributed by atoms with Gasteiger partial charge < -0.3 is 15.2 Å². The number of hydrogen-bond donors (Lipinski definition) is 2. The largest absolute Gasteiger partial charge is 0.496 e. The molecule has 2 N–H and O–H groups in total. The van der Waals surface area contributed by atoms with Crippen molar-refractivity contribution in [3.05, 3.63) is 26.3 Å². The molecule has 1 atom stereocenters. The molecule has 1 aromatic rings. The minimum atomic E-state index is -1.09. The van der Waals surface area contributed by atoms with Crippen molar-refractivity contribution in [2.75, 3.05) is 7.11 Å². The van der Waals surface area contributed by atoms with E-state index in [2.05, 4.69) is 5.32 Å². The average Bonchev–Trinajstić information content (AvgIpc) is 2.36. The highest BCUT2D eigenvalue weighted by Gasteiger charge is 2.33. The summed E-state index contributed by atoms with van der Waals surface area (Å²) >= 11 is 8.04. The summed E-state index contributed by atoms with van der Waals surface area (Å²) in [6.45, 7) is 5.22. The number of amides is 1. The van der Waals surface area contributed by atoms with Gasteiger partial charge in [0.2, 0.25) is 0 Å². The van der Waals surface area contributed by atoms with Crippen molar-refractivity contribution < 1.29 is 19.4 Å². The van der Waals surface area contributed by atoms with Gasteiger partial charge in [-0.05, 0) is 40.1 Å². The summed E-state index contributed by atoms with van der Waals surface area (Å²) in [6.07, 6.45) is 0. The summed E-state index contributed by atoms with van der Waals surface area (Å²) in [7, 11) is 1.44. The molecule has 1 amide bonds. The van der Waals surface area contributed by atoms with Gasteiger partial charge in [0.25, 0.3) is 5.91 Å². The highest BCUT2D eigenvalue weighted by molar-refractivity contribution is 14.1. The number of methoxy groups -OCH3 is 1. The summed E-state index contributed by atoms with van der Waals surface area (Å²) in [5.74, 6) is -1.28. The summed E-state index contributed by atoms with van der Waals surface area (Å²) in [4.78, 5) is 23.6. The number of aliphatic carboxylic acids is 1. The highest BCUT2D eigenvalue weighted by atomic mass is 127. The molecule has 0 saturated heterocycles. The van der Waals surface area contributed by atoms with Gasteiger partial charge in [0.1, 0.15) is 11.8 Å². The number of carboxylic acids is 1. The minimum absolute atomic E-state index is 0.207. The first-order valence-corrected chi connectivity index (χ1v) is 7.60. The Morgan fingerprint density at radius 1 is 1.38 bits per heavy atom. The van der Waals surface area contributed by atoms with E-state index in [1.54, 1.807) is 26.8 Å². The summed E-state index contributed by atoms with van der Waals surface area (Å²) in [6, 6.07) is 2.08. The SMILES string of the molecule is COc1cc(I)c(Cl)cc1C(=O)N[C@H](C(=O)O)C(C)(C)C. The van der Waals surface area contributed by atoms with Crippen LogP contribution in [0.15, 0.2) is 12.1 Å². The van der Waals surface area contributed by atoms with Crippen molar-refractivity contribution in [3.8, 4) is 5.75 Å². The minimum Gasteiger partial charge on any atom is -0.496 e. The zero-order valence-electron chi connectivity index (χ0n) is 12.2. The first-order valence-electron chi connectivity index (χ1n) is 6.14. The number of hydrogen-bond acceptors (Lipinski definition) is 3. The fourth-order valence-electron chi connectivity index (χ4n) is 1.73. The second-order valence-electron chi connectivity index (χ2n) is 5.58. The quantitative estimate of drug-likeness (QED) is 0.727. The van der Waals surface area contributed by atoms with Crippen LogP contribution in [-0.2, 0) is 4.79 Å². The molecule has 0 radical (unpaired) electrons. The Bertz CT molecular complexity index is 569. The maximum atomic E-state index is 12.3. The molecule has 0 aliphatic heterocycles. The molecular formula is C14H17ClINO4. The Hall–Kier alpha value is -1.02. The molecular weight excluding hydrogens is 409 g/mol. The number of carbonyl (C=O) groups excluding carboxylic acids is 1. The first-order chi connectivity index (χ1) is 9.57. The average molecular weight is 426 g/mol. The Labute approximate surface area is 142 Å². The zero-order chi connectivity index (χ0) is 16.4. The van der Waals surface area contributed by atoms with E-state index in [0.717, 1.165) is 3.57 Å². The second-order valence-corrected chi connectivity index (χ2v) is 7.15. The van der Waals surface area contributed by atoms with E-state index in [-0.39, 0.29) is 5.56 Å². The fourth-order valence-corrected chi connectivity index (χ4v) is 2.33. The van der Waals surface area contributed by atoms with Gasteiger partial charge in [0, 0.05) is 3.57 Å². The lowest BCUT2D eigenvalue weighted by molar-refractivity contribution is -0.142. The standard InChI is InChI=1S/C14H17ClINO4/c1-14(2,3)11(13(19)20)17-12(18)7-5-8(15)9(16)6-10(7)21-4/h5-6,11H,1-4H3,(H,17,18)(H,19,20)/t11-/m1/s1. The van der Waals surface area contributed by atoms with Gasteiger partial charge in [0.05, 0.1) is 17.7 Å². The molecule has 0 unspecified atom stereocenters. The Balaban J connectivity index is 3.14. The molecule has 5 nitrogen and oxygen atoms in total. The zero-order valence-corrected chi connectivity index (χ0v) is 15.1. The molecule has 0 bridgehead atoms. The van der Waals surface area contributed by atoms with E-state index in [1.807, 2.05) is 22.6 Å². The van der Waals surface area contributed by atoms with Crippen LogP contribution in [0.2, 0.25) is 5.02 Å². The number of rotatable bonds is 4. The Morgan fingerprint density at radius 3 is 2.38 bits per heavy atom. The topological polar surface area (TPSA) is 75.6 Å². The molecule has 21 heavy (non-hydrogen) atoms. The van der Waals surface area contributed by atoms with Crippen LogP contribution in [0.5, 0.6) is 5.75 Å². The smallest absolute Gasteiger partial charge is 0.326 e. The van der Waals surface area contributed by atoms with E-state index in [1.165, 1.54) is 13.2 Å². The highest BCUT2D eigenvalue weighted by Crippen LogP contribution is 2.29. The van der Waals surface area contributed by atoms with Crippen molar-refractivity contribution in [1.29, 1.82) is 0 Å². The van der Waals surface area contributed by atoms with Crippen molar-refractivity contribution in [2.24, 2.45) is 5.41 Å². The number of carbonyl (C=O) groups is 2. The van der Waals surface area contributed by atoms with Crippen LogP contribution in [-0.4, -0.2) is 30.1 Å². The molecule has 0 saturated carbocycles. The lowest BCUT2D eigenvalue weighted by atomic mass is 9.86. The van der Waals surface area contributed by atoms with E-state index < -0.39 is 23.3 Å². The second kappa shape index (κ2) is 6.83. The van der Waals surface area contributed by atoms with Crippen LogP contribution in [0.1, 0.15) is 31.1 Å². The van der Waals surface area contributed by atoms with Gasteiger partial charge in [-0.3, -0.25) is 4.79 Å². The molecule has 0 aliphatic rings. The van der Waals surface area contributed by atoms with Crippen LogP contribution in [0, 0.1) is 8.99 Å². The van der Waals surface area contributed by atoms with Crippen LogP contribution in [0.3, 0.4) is 0 Å². The number of benzene rings is 1. The number of halogens is 2. The van der Waals surface area contributed by atoms with Gasteiger partial charge >= 0.3 is 5.97 Å². The molecule has 7 heteroatoms. The monoisotopic (exact) mass is 425 g/mol. The lowest BCUT2D eigenvalue weighted by Crippen LogP contribution is -2.49. The summed E-state index contributed by atoms with van der Waals surface area (Å²) in [5.41, 5.74) is -0.416. The third-order valence-corrected chi connectivity index (χ3v) is 4.40.